The largest absolute Gasteiger partial charge is 0.451 e. The molecule has 8 nitrogen and oxygen atoms in total. The molecule has 3 amide bonds. The lowest BCUT2D eigenvalue weighted by molar-refractivity contribution is -0.156. The first-order valence-corrected chi connectivity index (χ1v) is 9.46. The lowest BCUT2D eigenvalue weighted by atomic mass is 10.0. The van der Waals surface area contributed by atoms with Gasteiger partial charge in [0.2, 0.25) is 5.91 Å². The van der Waals surface area contributed by atoms with Crippen LogP contribution in [-0.4, -0.2) is 35.8 Å². The highest BCUT2D eigenvalue weighted by atomic mass is 16.5. The summed E-state index contributed by atoms with van der Waals surface area (Å²) in [5, 5.41) is 5.25. The zero-order valence-electron chi connectivity index (χ0n) is 17.0. The predicted octanol–water partition coefficient (Wildman–Crippen LogP) is 2.11. The number of rotatable bonds is 8. The van der Waals surface area contributed by atoms with Crippen LogP contribution in [-0.2, 0) is 14.3 Å². The van der Waals surface area contributed by atoms with Gasteiger partial charge in [0.15, 0.2) is 6.10 Å². The molecule has 0 aromatic heterocycles. The Hall–Kier alpha value is -3.68. The van der Waals surface area contributed by atoms with Gasteiger partial charge in [0, 0.05) is 16.8 Å². The molecule has 2 aromatic carbocycles. The van der Waals surface area contributed by atoms with E-state index in [1.54, 1.807) is 44.2 Å². The first-order chi connectivity index (χ1) is 14.2. The van der Waals surface area contributed by atoms with Crippen molar-refractivity contribution in [2.45, 2.75) is 32.9 Å². The van der Waals surface area contributed by atoms with Crippen LogP contribution in [0.1, 0.15) is 41.5 Å². The van der Waals surface area contributed by atoms with Gasteiger partial charge in [-0.2, -0.15) is 0 Å². The van der Waals surface area contributed by atoms with Crippen molar-refractivity contribution in [1.82, 2.24) is 5.32 Å². The molecule has 2 rings (SSSR count). The highest BCUT2D eigenvalue weighted by Gasteiger charge is 2.29. The molecule has 2 unspecified atom stereocenters. The minimum atomic E-state index is -1.09. The molecule has 0 bridgehead atoms. The SMILES string of the molecule is CC(OC(=O)C(NC(=O)c1ccccc1)C(C)C)C(=O)Nc1ccc(C(N)=O)cc1. The molecule has 2 aromatic rings. The Morgan fingerprint density at radius 1 is 0.867 bits per heavy atom. The smallest absolute Gasteiger partial charge is 0.329 e. The molecular formula is C22H25N3O5. The van der Waals surface area contributed by atoms with Crippen LogP contribution >= 0.6 is 0 Å². The number of esters is 1. The Kier molecular flexibility index (Phi) is 7.69. The number of hydrogen-bond acceptors (Lipinski definition) is 5. The molecule has 0 saturated heterocycles. The third-order valence-electron chi connectivity index (χ3n) is 4.34. The average molecular weight is 411 g/mol. The molecule has 8 heteroatoms. The van der Waals surface area contributed by atoms with Gasteiger partial charge in [-0.3, -0.25) is 14.4 Å². The summed E-state index contributed by atoms with van der Waals surface area (Å²) in [4.78, 5) is 48.4. The topological polar surface area (TPSA) is 128 Å². The van der Waals surface area contributed by atoms with Gasteiger partial charge in [-0.25, -0.2) is 4.79 Å². The fourth-order valence-electron chi connectivity index (χ4n) is 2.57. The number of carbonyl (C=O) groups is 4. The number of hydrogen-bond donors (Lipinski definition) is 3. The van der Waals surface area contributed by atoms with E-state index in [2.05, 4.69) is 10.6 Å². The van der Waals surface area contributed by atoms with Crippen LogP contribution < -0.4 is 16.4 Å². The summed E-state index contributed by atoms with van der Waals surface area (Å²) in [7, 11) is 0. The molecule has 158 valence electrons. The van der Waals surface area contributed by atoms with E-state index in [-0.39, 0.29) is 5.92 Å². The summed E-state index contributed by atoms with van der Waals surface area (Å²) in [6, 6.07) is 13.6. The molecule has 0 fully saturated rings. The summed E-state index contributed by atoms with van der Waals surface area (Å²) in [5.41, 5.74) is 6.33. The number of carbonyl (C=O) groups excluding carboxylic acids is 4. The van der Waals surface area contributed by atoms with Gasteiger partial charge in [-0.05, 0) is 49.2 Å². The van der Waals surface area contributed by atoms with Crippen molar-refractivity contribution < 1.29 is 23.9 Å². The molecule has 30 heavy (non-hydrogen) atoms. The first kappa shape index (κ1) is 22.6. The number of nitrogens with one attached hydrogen (secondary N) is 2. The highest BCUT2D eigenvalue weighted by Crippen LogP contribution is 2.12. The maximum absolute atomic E-state index is 12.6. The van der Waals surface area contributed by atoms with Gasteiger partial charge in [0.25, 0.3) is 11.8 Å². The standard InChI is InChI=1S/C22H25N3O5/c1-13(2)18(25-21(28)16-7-5-4-6-8-16)22(29)30-14(3)20(27)24-17-11-9-15(10-12-17)19(23)26/h4-14,18H,1-3H3,(H2,23,26)(H,24,27)(H,25,28). The number of ether oxygens (including phenoxy) is 1. The van der Waals surface area contributed by atoms with Crippen molar-refractivity contribution in [3.8, 4) is 0 Å². The number of benzene rings is 2. The maximum Gasteiger partial charge on any atom is 0.329 e. The van der Waals surface area contributed by atoms with Crippen molar-refractivity contribution in [2.75, 3.05) is 5.32 Å². The van der Waals surface area contributed by atoms with E-state index in [4.69, 9.17) is 10.5 Å². The van der Waals surface area contributed by atoms with Crippen LogP contribution in [0.2, 0.25) is 0 Å². The van der Waals surface area contributed by atoms with Gasteiger partial charge >= 0.3 is 5.97 Å². The second-order valence-electron chi connectivity index (χ2n) is 7.07. The van der Waals surface area contributed by atoms with E-state index in [0.717, 1.165) is 0 Å². The van der Waals surface area contributed by atoms with Crippen LogP contribution in [0.15, 0.2) is 54.6 Å². The average Bonchev–Trinajstić information content (AvgIpc) is 2.72. The van der Waals surface area contributed by atoms with E-state index in [1.165, 1.54) is 31.2 Å². The monoisotopic (exact) mass is 411 g/mol. The van der Waals surface area contributed by atoms with Crippen molar-refractivity contribution in [2.24, 2.45) is 11.7 Å². The van der Waals surface area contributed by atoms with Gasteiger partial charge in [-0.1, -0.05) is 32.0 Å². The zero-order chi connectivity index (χ0) is 22.3. The Labute approximate surface area is 174 Å². The minimum Gasteiger partial charge on any atom is -0.451 e. The Morgan fingerprint density at radius 3 is 2.00 bits per heavy atom. The quantitative estimate of drug-likeness (QED) is 0.573. The molecule has 0 aliphatic rings. The van der Waals surface area contributed by atoms with Crippen molar-refractivity contribution in [3.05, 3.63) is 65.7 Å². The fourth-order valence-corrected chi connectivity index (χ4v) is 2.57. The zero-order valence-corrected chi connectivity index (χ0v) is 17.0. The van der Waals surface area contributed by atoms with Crippen LogP contribution in [0.5, 0.6) is 0 Å². The van der Waals surface area contributed by atoms with Crippen LogP contribution in [0, 0.1) is 5.92 Å². The Morgan fingerprint density at radius 2 is 1.47 bits per heavy atom. The summed E-state index contributed by atoms with van der Waals surface area (Å²) in [5.74, 6) is -2.49. The summed E-state index contributed by atoms with van der Waals surface area (Å²) in [6.45, 7) is 4.96. The number of amides is 3. The third-order valence-corrected chi connectivity index (χ3v) is 4.34. The van der Waals surface area contributed by atoms with Gasteiger partial charge in [0.1, 0.15) is 6.04 Å². The molecule has 2 atom stereocenters. The lowest BCUT2D eigenvalue weighted by Crippen LogP contribution is -2.47. The fraction of sp³-hybridized carbons (Fsp3) is 0.273. The van der Waals surface area contributed by atoms with E-state index in [9.17, 15) is 19.2 Å². The summed E-state index contributed by atoms with van der Waals surface area (Å²) in [6.07, 6.45) is -1.09. The second-order valence-corrected chi connectivity index (χ2v) is 7.07. The molecule has 0 radical (unpaired) electrons. The molecule has 0 spiro atoms. The van der Waals surface area contributed by atoms with Gasteiger partial charge in [-0.15, -0.1) is 0 Å². The number of primary amides is 1. The number of anilines is 1. The molecule has 4 N–H and O–H groups in total. The first-order valence-electron chi connectivity index (χ1n) is 9.46. The van der Waals surface area contributed by atoms with Crippen LogP contribution in [0.4, 0.5) is 5.69 Å². The predicted molar refractivity (Wildman–Crippen MR) is 112 cm³/mol. The third kappa shape index (κ3) is 6.16. The summed E-state index contributed by atoms with van der Waals surface area (Å²) < 4.78 is 5.27. The Balaban J connectivity index is 1.97. The molecule has 0 heterocycles. The Bertz CT molecular complexity index is 910. The van der Waals surface area contributed by atoms with E-state index >= 15 is 0 Å². The normalized spacial score (nSPS) is 12.5. The molecule has 0 aliphatic heterocycles. The maximum atomic E-state index is 12.6. The van der Waals surface area contributed by atoms with Gasteiger partial charge in [0.05, 0.1) is 0 Å². The van der Waals surface area contributed by atoms with Crippen molar-refractivity contribution >= 4 is 29.4 Å². The van der Waals surface area contributed by atoms with Crippen LogP contribution in [0.3, 0.4) is 0 Å². The second kappa shape index (κ2) is 10.2. The lowest BCUT2D eigenvalue weighted by Gasteiger charge is -2.23. The molecule has 0 saturated carbocycles. The van der Waals surface area contributed by atoms with E-state index in [1.807, 2.05) is 0 Å². The van der Waals surface area contributed by atoms with Gasteiger partial charge < -0.3 is 21.1 Å². The number of nitrogens with two attached hydrogens (primary N) is 1. The highest BCUT2D eigenvalue weighted by molar-refractivity contribution is 5.98. The van der Waals surface area contributed by atoms with Crippen molar-refractivity contribution in [1.29, 1.82) is 0 Å². The summed E-state index contributed by atoms with van der Waals surface area (Å²) >= 11 is 0. The molecular weight excluding hydrogens is 386 g/mol. The van der Waals surface area contributed by atoms with E-state index in [0.29, 0.717) is 16.8 Å². The van der Waals surface area contributed by atoms with Crippen LogP contribution in [0.25, 0.3) is 0 Å². The van der Waals surface area contributed by atoms with E-state index < -0.39 is 35.8 Å². The molecule has 0 aliphatic carbocycles. The van der Waals surface area contributed by atoms with Crippen molar-refractivity contribution in [3.63, 3.8) is 0 Å². The minimum absolute atomic E-state index is 0.248.